The smallest absolute Gasteiger partial charge is 0.314 e. The third-order valence-corrected chi connectivity index (χ3v) is 4.43. The zero-order valence-corrected chi connectivity index (χ0v) is 12.7. The highest BCUT2D eigenvalue weighted by molar-refractivity contribution is 5.85. The third kappa shape index (κ3) is 2.58. The summed E-state index contributed by atoms with van der Waals surface area (Å²) in [6.45, 7) is 8.36. The van der Waals surface area contributed by atoms with Crippen molar-refractivity contribution >= 4 is 11.7 Å². The van der Waals surface area contributed by atoms with E-state index in [-0.39, 0.29) is 0 Å². The Balaban J connectivity index is 2.26. The maximum absolute atomic E-state index is 11.4. The lowest BCUT2D eigenvalue weighted by Gasteiger charge is -2.16. The van der Waals surface area contributed by atoms with Crippen molar-refractivity contribution in [1.29, 1.82) is 0 Å². The standard InChI is InChI=1S/C17H23NO2/c1-5-11(2)13(4)18-15-7-6-14(10-12(15)3)17(8-9-17)16(19)20/h6-7,10,18H,5,8-9H2,1-4H3,(H,19,20)/b13-11-. The molecular formula is C17H23NO2. The normalized spacial score (nSPS) is 17.4. The van der Waals surface area contributed by atoms with E-state index in [1.165, 1.54) is 11.3 Å². The second-order valence-corrected chi connectivity index (χ2v) is 5.80. The van der Waals surface area contributed by atoms with Crippen LogP contribution in [-0.4, -0.2) is 11.1 Å². The Morgan fingerprint density at radius 3 is 2.45 bits per heavy atom. The molecule has 3 heteroatoms. The van der Waals surface area contributed by atoms with E-state index in [1.807, 2.05) is 25.1 Å². The summed E-state index contributed by atoms with van der Waals surface area (Å²) in [5.41, 5.74) is 4.97. The molecule has 2 rings (SSSR count). The summed E-state index contributed by atoms with van der Waals surface area (Å²) in [5.74, 6) is -0.699. The Morgan fingerprint density at radius 2 is 2.00 bits per heavy atom. The van der Waals surface area contributed by atoms with Gasteiger partial charge in [-0.15, -0.1) is 0 Å². The number of rotatable bonds is 5. The number of aliphatic carboxylic acids is 1. The second-order valence-electron chi connectivity index (χ2n) is 5.80. The van der Waals surface area contributed by atoms with Gasteiger partial charge in [-0.2, -0.15) is 0 Å². The largest absolute Gasteiger partial charge is 0.481 e. The van der Waals surface area contributed by atoms with Gasteiger partial charge in [0.15, 0.2) is 0 Å². The summed E-state index contributed by atoms with van der Waals surface area (Å²) in [6, 6.07) is 5.96. The van der Waals surface area contributed by atoms with Crippen LogP contribution in [0.15, 0.2) is 29.5 Å². The first kappa shape index (κ1) is 14.6. The Bertz CT molecular complexity index is 568. The minimum absolute atomic E-state index is 0.618. The van der Waals surface area contributed by atoms with Crippen molar-refractivity contribution in [2.24, 2.45) is 0 Å². The number of carboxylic acids is 1. The molecule has 1 aliphatic rings. The molecule has 1 aliphatic carbocycles. The highest BCUT2D eigenvalue weighted by Crippen LogP contribution is 2.49. The molecule has 2 N–H and O–H groups in total. The fourth-order valence-electron chi connectivity index (χ4n) is 2.43. The van der Waals surface area contributed by atoms with Gasteiger partial charge in [0.25, 0.3) is 0 Å². The zero-order chi connectivity index (χ0) is 14.9. The van der Waals surface area contributed by atoms with Crippen molar-refractivity contribution in [3.8, 4) is 0 Å². The molecule has 0 radical (unpaired) electrons. The monoisotopic (exact) mass is 273 g/mol. The zero-order valence-electron chi connectivity index (χ0n) is 12.7. The average molecular weight is 273 g/mol. The summed E-state index contributed by atoms with van der Waals surface area (Å²) in [4.78, 5) is 11.4. The average Bonchev–Trinajstić information content (AvgIpc) is 3.21. The Labute approximate surface area is 120 Å². The number of hydrogen-bond donors (Lipinski definition) is 2. The van der Waals surface area contributed by atoms with E-state index in [0.717, 1.165) is 36.1 Å². The first-order chi connectivity index (χ1) is 9.40. The van der Waals surface area contributed by atoms with E-state index in [0.29, 0.717) is 0 Å². The van der Waals surface area contributed by atoms with Gasteiger partial charge in [-0.25, -0.2) is 0 Å². The molecule has 3 nitrogen and oxygen atoms in total. The lowest BCUT2D eigenvalue weighted by atomic mass is 9.94. The van der Waals surface area contributed by atoms with Crippen LogP contribution in [0.1, 0.15) is 51.2 Å². The van der Waals surface area contributed by atoms with Crippen LogP contribution < -0.4 is 5.32 Å². The third-order valence-electron chi connectivity index (χ3n) is 4.43. The van der Waals surface area contributed by atoms with Gasteiger partial charge in [-0.3, -0.25) is 4.79 Å². The van der Waals surface area contributed by atoms with E-state index in [4.69, 9.17) is 0 Å². The van der Waals surface area contributed by atoms with Crippen LogP contribution in [-0.2, 0) is 10.2 Å². The minimum Gasteiger partial charge on any atom is -0.481 e. The van der Waals surface area contributed by atoms with Crippen molar-refractivity contribution in [3.63, 3.8) is 0 Å². The van der Waals surface area contributed by atoms with Gasteiger partial charge in [0.05, 0.1) is 5.41 Å². The number of carbonyl (C=O) groups is 1. The summed E-state index contributed by atoms with van der Waals surface area (Å²) in [7, 11) is 0. The molecule has 0 unspecified atom stereocenters. The van der Waals surface area contributed by atoms with Gasteiger partial charge in [-0.1, -0.05) is 24.6 Å². The van der Waals surface area contributed by atoms with Crippen molar-refractivity contribution in [1.82, 2.24) is 0 Å². The number of hydrogen-bond acceptors (Lipinski definition) is 2. The van der Waals surface area contributed by atoms with Gasteiger partial charge < -0.3 is 10.4 Å². The Morgan fingerprint density at radius 1 is 1.35 bits per heavy atom. The van der Waals surface area contributed by atoms with E-state index in [2.05, 4.69) is 26.1 Å². The van der Waals surface area contributed by atoms with E-state index >= 15 is 0 Å². The number of carboxylic acid groups (broad SMARTS) is 1. The maximum atomic E-state index is 11.4. The van der Waals surface area contributed by atoms with Crippen LogP contribution in [0.25, 0.3) is 0 Å². The lowest BCUT2D eigenvalue weighted by Crippen LogP contribution is -2.19. The number of anilines is 1. The van der Waals surface area contributed by atoms with Gasteiger partial charge in [-0.05, 0) is 57.2 Å². The predicted molar refractivity (Wildman–Crippen MR) is 82.0 cm³/mol. The molecule has 0 saturated heterocycles. The van der Waals surface area contributed by atoms with E-state index in [1.54, 1.807) is 0 Å². The molecule has 108 valence electrons. The maximum Gasteiger partial charge on any atom is 0.314 e. The molecule has 0 bridgehead atoms. The van der Waals surface area contributed by atoms with Crippen molar-refractivity contribution in [3.05, 3.63) is 40.6 Å². The predicted octanol–water partition coefficient (Wildman–Crippen LogP) is 4.23. The van der Waals surface area contributed by atoms with Crippen molar-refractivity contribution < 1.29 is 9.90 Å². The summed E-state index contributed by atoms with van der Waals surface area (Å²) in [6.07, 6.45) is 2.53. The van der Waals surface area contributed by atoms with Gasteiger partial charge in [0.1, 0.15) is 0 Å². The molecule has 1 aromatic rings. The molecule has 1 fully saturated rings. The molecule has 20 heavy (non-hydrogen) atoms. The number of benzene rings is 1. The van der Waals surface area contributed by atoms with Gasteiger partial charge in [0.2, 0.25) is 0 Å². The molecule has 0 aliphatic heterocycles. The number of nitrogens with one attached hydrogen (secondary N) is 1. The topological polar surface area (TPSA) is 49.3 Å². The molecule has 0 amide bonds. The fourth-order valence-corrected chi connectivity index (χ4v) is 2.43. The van der Waals surface area contributed by atoms with Crippen LogP contribution in [0.2, 0.25) is 0 Å². The molecule has 0 atom stereocenters. The molecular weight excluding hydrogens is 250 g/mol. The summed E-state index contributed by atoms with van der Waals surface area (Å²) >= 11 is 0. The minimum atomic E-state index is -0.699. The molecule has 0 aromatic heterocycles. The second kappa shape index (κ2) is 5.31. The number of aryl methyl sites for hydroxylation is 1. The quantitative estimate of drug-likeness (QED) is 0.844. The van der Waals surface area contributed by atoms with E-state index < -0.39 is 11.4 Å². The summed E-state index contributed by atoms with van der Waals surface area (Å²) in [5, 5.41) is 12.8. The highest BCUT2D eigenvalue weighted by Gasteiger charge is 2.51. The van der Waals surface area contributed by atoms with Crippen LogP contribution in [0, 0.1) is 6.92 Å². The first-order valence-corrected chi connectivity index (χ1v) is 7.18. The van der Waals surface area contributed by atoms with Crippen LogP contribution in [0.5, 0.6) is 0 Å². The lowest BCUT2D eigenvalue weighted by molar-refractivity contribution is -0.140. The molecule has 1 aromatic carbocycles. The molecule has 0 spiro atoms. The Kier molecular flexibility index (Phi) is 3.89. The first-order valence-electron chi connectivity index (χ1n) is 7.18. The van der Waals surface area contributed by atoms with Crippen LogP contribution >= 0.6 is 0 Å². The van der Waals surface area contributed by atoms with Crippen molar-refractivity contribution in [2.75, 3.05) is 5.32 Å². The van der Waals surface area contributed by atoms with Gasteiger partial charge >= 0.3 is 5.97 Å². The summed E-state index contributed by atoms with van der Waals surface area (Å²) < 4.78 is 0. The number of allylic oxidation sites excluding steroid dienone is 2. The highest BCUT2D eigenvalue weighted by atomic mass is 16.4. The van der Waals surface area contributed by atoms with Crippen LogP contribution in [0.4, 0.5) is 5.69 Å². The fraction of sp³-hybridized carbons (Fsp3) is 0.471. The Hall–Kier alpha value is -1.77. The van der Waals surface area contributed by atoms with Crippen molar-refractivity contribution in [2.45, 2.75) is 52.4 Å². The molecule has 1 saturated carbocycles. The van der Waals surface area contributed by atoms with Gasteiger partial charge in [0, 0.05) is 11.4 Å². The SMILES string of the molecule is CC/C(C)=C(/C)Nc1ccc(C2(C(=O)O)CC2)cc1C. The van der Waals surface area contributed by atoms with Crippen LogP contribution in [0.3, 0.4) is 0 Å². The molecule has 0 heterocycles. The van der Waals surface area contributed by atoms with E-state index in [9.17, 15) is 9.90 Å².